The van der Waals surface area contributed by atoms with E-state index in [4.69, 9.17) is 5.73 Å². The Morgan fingerprint density at radius 3 is 1.52 bits per heavy atom. The monoisotopic (exact) mass is 297 g/mol. The molecule has 0 fully saturated rings. The average molecular weight is 298 g/mol. The van der Waals surface area contributed by atoms with Crippen molar-refractivity contribution in [1.82, 2.24) is 9.97 Å². The van der Waals surface area contributed by atoms with Crippen molar-refractivity contribution in [2.45, 2.75) is 6.54 Å². The molecular formula is C17H16ClN3. The van der Waals surface area contributed by atoms with Crippen molar-refractivity contribution in [3.63, 3.8) is 0 Å². The topological polar surface area (TPSA) is 51.8 Å². The molecule has 1 heterocycles. The molecule has 3 nitrogen and oxygen atoms in total. The highest BCUT2D eigenvalue weighted by Gasteiger charge is 2.07. The molecule has 0 radical (unpaired) electrons. The first-order valence-corrected chi connectivity index (χ1v) is 6.55. The van der Waals surface area contributed by atoms with Gasteiger partial charge in [0, 0.05) is 11.1 Å². The molecule has 0 spiro atoms. The molecule has 0 saturated heterocycles. The summed E-state index contributed by atoms with van der Waals surface area (Å²) in [5.41, 5.74) is 9.67. The Morgan fingerprint density at radius 1 is 0.714 bits per heavy atom. The van der Waals surface area contributed by atoms with E-state index in [1.165, 1.54) is 0 Å². The van der Waals surface area contributed by atoms with E-state index in [1.807, 2.05) is 66.7 Å². The molecular weight excluding hydrogens is 282 g/mol. The van der Waals surface area contributed by atoms with Gasteiger partial charge in [-0.3, -0.25) is 0 Å². The van der Waals surface area contributed by atoms with Crippen LogP contribution in [-0.4, -0.2) is 9.97 Å². The molecule has 106 valence electrons. The maximum Gasteiger partial charge on any atom is 0.143 e. The number of hydrogen-bond donors (Lipinski definition) is 1. The predicted molar refractivity (Wildman–Crippen MR) is 88.0 cm³/mol. The molecule has 1 aromatic heterocycles. The van der Waals surface area contributed by atoms with Gasteiger partial charge < -0.3 is 5.73 Å². The highest BCUT2D eigenvalue weighted by molar-refractivity contribution is 5.85. The van der Waals surface area contributed by atoms with Crippen molar-refractivity contribution in [3.8, 4) is 22.5 Å². The van der Waals surface area contributed by atoms with Crippen molar-refractivity contribution >= 4 is 12.4 Å². The maximum absolute atomic E-state index is 5.72. The summed E-state index contributed by atoms with van der Waals surface area (Å²) in [4.78, 5) is 9.02. The molecule has 0 aliphatic carbocycles. The number of halogens is 1. The van der Waals surface area contributed by atoms with Gasteiger partial charge in [-0.25, -0.2) is 9.97 Å². The van der Waals surface area contributed by atoms with Crippen LogP contribution in [0.2, 0.25) is 0 Å². The third-order valence-electron chi connectivity index (χ3n) is 3.09. The summed E-state index contributed by atoms with van der Waals surface area (Å²) < 4.78 is 0. The maximum atomic E-state index is 5.72. The van der Waals surface area contributed by atoms with Crippen LogP contribution in [0.1, 0.15) is 5.82 Å². The zero-order chi connectivity index (χ0) is 13.8. The number of aromatic nitrogens is 2. The van der Waals surface area contributed by atoms with E-state index < -0.39 is 0 Å². The lowest BCUT2D eigenvalue weighted by atomic mass is 10.1. The number of hydrogen-bond acceptors (Lipinski definition) is 3. The van der Waals surface area contributed by atoms with Crippen LogP contribution >= 0.6 is 12.4 Å². The van der Waals surface area contributed by atoms with Crippen molar-refractivity contribution in [3.05, 3.63) is 72.6 Å². The minimum atomic E-state index is 0. The molecule has 4 heteroatoms. The summed E-state index contributed by atoms with van der Waals surface area (Å²) in [6.45, 7) is 0.334. The van der Waals surface area contributed by atoms with Gasteiger partial charge in [0.25, 0.3) is 0 Å². The Kier molecular flexibility index (Phi) is 5.04. The van der Waals surface area contributed by atoms with E-state index in [2.05, 4.69) is 9.97 Å². The van der Waals surface area contributed by atoms with Crippen LogP contribution in [0, 0.1) is 0 Å². The van der Waals surface area contributed by atoms with Crippen LogP contribution in [0.3, 0.4) is 0 Å². The van der Waals surface area contributed by atoms with Gasteiger partial charge in [-0.1, -0.05) is 60.7 Å². The van der Waals surface area contributed by atoms with Gasteiger partial charge >= 0.3 is 0 Å². The number of rotatable bonds is 3. The Labute approximate surface area is 130 Å². The number of nitrogens with zero attached hydrogens (tertiary/aromatic N) is 2. The fraction of sp³-hybridized carbons (Fsp3) is 0.0588. The second-order valence-electron chi connectivity index (χ2n) is 4.49. The molecule has 0 amide bonds. The highest BCUT2D eigenvalue weighted by Crippen LogP contribution is 2.23. The molecule has 0 bridgehead atoms. The quantitative estimate of drug-likeness (QED) is 0.802. The molecule has 0 unspecified atom stereocenters. The van der Waals surface area contributed by atoms with Crippen LogP contribution < -0.4 is 5.73 Å². The largest absolute Gasteiger partial charge is 0.324 e. The van der Waals surface area contributed by atoms with E-state index in [0.717, 1.165) is 22.5 Å². The zero-order valence-electron chi connectivity index (χ0n) is 11.4. The first-order valence-electron chi connectivity index (χ1n) is 6.55. The van der Waals surface area contributed by atoms with Crippen LogP contribution in [-0.2, 0) is 6.54 Å². The molecule has 3 aromatic rings. The van der Waals surface area contributed by atoms with E-state index in [1.54, 1.807) is 0 Å². The number of benzene rings is 2. The van der Waals surface area contributed by atoms with Gasteiger partial charge in [-0.05, 0) is 6.07 Å². The molecule has 3 rings (SSSR count). The second kappa shape index (κ2) is 6.97. The molecule has 2 aromatic carbocycles. The molecule has 0 aliphatic heterocycles. The fourth-order valence-corrected chi connectivity index (χ4v) is 2.10. The lowest BCUT2D eigenvalue weighted by molar-refractivity contribution is 0.915. The summed E-state index contributed by atoms with van der Waals surface area (Å²) in [6.07, 6.45) is 0. The first kappa shape index (κ1) is 15.2. The van der Waals surface area contributed by atoms with Crippen molar-refractivity contribution in [1.29, 1.82) is 0 Å². The standard InChI is InChI=1S/C17H15N3.ClH/c18-12-17-19-15(13-7-3-1-4-8-13)11-16(20-17)14-9-5-2-6-10-14;/h1-11H,12,18H2;1H. The van der Waals surface area contributed by atoms with Crippen LogP contribution in [0.5, 0.6) is 0 Å². The third kappa shape index (κ3) is 3.45. The summed E-state index contributed by atoms with van der Waals surface area (Å²) in [6, 6.07) is 22.2. The van der Waals surface area contributed by atoms with Gasteiger partial charge in [0.15, 0.2) is 0 Å². The van der Waals surface area contributed by atoms with Gasteiger partial charge in [0.1, 0.15) is 5.82 Å². The van der Waals surface area contributed by atoms with E-state index >= 15 is 0 Å². The molecule has 0 atom stereocenters. The van der Waals surface area contributed by atoms with Crippen molar-refractivity contribution < 1.29 is 0 Å². The van der Waals surface area contributed by atoms with Gasteiger partial charge in [0.05, 0.1) is 17.9 Å². The van der Waals surface area contributed by atoms with E-state index in [0.29, 0.717) is 12.4 Å². The van der Waals surface area contributed by atoms with E-state index in [-0.39, 0.29) is 12.4 Å². The first-order chi connectivity index (χ1) is 9.86. The van der Waals surface area contributed by atoms with Crippen molar-refractivity contribution in [2.24, 2.45) is 5.73 Å². The summed E-state index contributed by atoms with van der Waals surface area (Å²) >= 11 is 0. The average Bonchev–Trinajstić information content (AvgIpc) is 2.56. The summed E-state index contributed by atoms with van der Waals surface area (Å²) in [5.74, 6) is 0.658. The lowest BCUT2D eigenvalue weighted by Crippen LogP contribution is -2.05. The van der Waals surface area contributed by atoms with Crippen LogP contribution in [0.15, 0.2) is 66.7 Å². The highest BCUT2D eigenvalue weighted by atomic mass is 35.5. The van der Waals surface area contributed by atoms with Crippen LogP contribution in [0.4, 0.5) is 0 Å². The van der Waals surface area contributed by atoms with Crippen LogP contribution in [0.25, 0.3) is 22.5 Å². The molecule has 21 heavy (non-hydrogen) atoms. The smallest absolute Gasteiger partial charge is 0.143 e. The lowest BCUT2D eigenvalue weighted by Gasteiger charge is -2.07. The Balaban J connectivity index is 0.00000161. The van der Waals surface area contributed by atoms with E-state index in [9.17, 15) is 0 Å². The van der Waals surface area contributed by atoms with Crippen molar-refractivity contribution in [2.75, 3.05) is 0 Å². The molecule has 2 N–H and O–H groups in total. The van der Waals surface area contributed by atoms with Gasteiger partial charge in [-0.2, -0.15) is 0 Å². The number of nitrogens with two attached hydrogens (primary N) is 1. The summed E-state index contributed by atoms with van der Waals surface area (Å²) in [5, 5.41) is 0. The summed E-state index contributed by atoms with van der Waals surface area (Å²) in [7, 11) is 0. The fourth-order valence-electron chi connectivity index (χ4n) is 2.10. The Hall–Kier alpha value is -2.23. The normalized spacial score (nSPS) is 9.95. The second-order valence-corrected chi connectivity index (χ2v) is 4.49. The molecule has 0 aliphatic rings. The Morgan fingerprint density at radius 2 is 1.14 bits per heavy atom. The zero-order valence-corrected chi connectivity index (χ0v) is 12.3. The van der Waals surface area contributed by atoms with Gasteiger partial charge in [0.2, 0.25) is 0 Å². The third-order valence-corrected chi connectivity index (χ3v) is 3.09. The van der Waals surface area contributed by atoms with Gasteiger partial charge in [-0.15, -0.1) is 12.4 Å². The predicted octanol–water partition coefficient (Wildman–Crippen LogP) is 3.69. The minimum Gasteiger partial charge on any atom is -0.324 e. The Bertz CT molecular complexity index is 642. The SMILES string of the molecule is Cl.NCc1nc(-c2ccccc2)cc(-c2ccccc2)n1. The molecule has 0 saturated carbocycles. The minimum absolute atomic E-state index is 0.